The lowest BCUT2D eigenvalue weighted by atomic mass is 10.3. The molecule has 4 rings (SSSR count). The Labute approximate surface area is 126 Å². The summed E-state index contributed by atoms with van der Waals surface area (Å²) in [6.07, 6.45) is 7.95. The third-order valence-corrected chi connectivity index (χ3v) is 3.72. The fraction of sp³-hybridized carbons (Fsp3) is 0.286. The molecule has 7 nitrogen and oxygen atoms in total. The van der Waals surface area contributed by atoms with Crippen LogP contribution in [0.3, 0.4) is 0 Å². The quantitative estimate of drug-likeness (QED) is 0.724. The number of imidazole rings is 1. The molecule has 0 unspecified atom stereocenters. The first kappa shape index (κ1) is 12.9. The van der Waals surface area contributed by atoms with E-state index in [0.29, 0.717) is 19.0 Å². The van der Waals surface area contributed by atoms with E-state index in [1.165, 1.54) is 12.4 Å². The molecule has 1 aliphatic heterocycles. The number of hydrogen-bond donors (Lipinski definition) is 0. The van der Waals surface area contributed by atoms with Gasteiger partial charge in [0.2, 0.25) is 5.95 Å². The highest BCUT2D eigenvalue weighted by Crippen LogP contribution is 2.18. The summed E-state index contributed by atoms with van der Waals surface area (Å²) in [5, 5.41) is 4.22. The highest BCUT2D eigenvalue weighted by molar-refractivity contribution is 5.31. The van der Waals surface area contributed by atoms with Gasteiger partial charge in [-0.25, -0.2) is 19.3 Å². The van der Waals surface area contributed by atoms with Crippen LogP contribution in [-0.4, -0.2) is 35.8 Å². The van der Waals surface area contributed by atoms with E-state index in [4.69, 9.17) is 0 Å². The Morgan fingerprint density at radius 3 is 2.73 bits per heavy atom. The summed E-state index contributed by atoms with van der Waals surface area (Å²) in [7, 11) is 0. The molecule has 0 fully saturated rings. The summed E-state index contributed by atoms with van der Waals surface area (Å²) < 4.78 is 17.0. The molecule has 0 atom stereocenters. The van der Waals surface area contributed by atoms with E-state index in [-0.39, 0.29) is 0 Å². The van der Waals surface area contributed by atoms with Crippen molar-refractivity contribution in [2.24, 2.45) is 0 Å². The molecule has 0 N–H and O–H groups in total. The topological polar surface area (TPSA) is 64.7 Å². The lowest BCUT2D eigenvalue weighted by Gasteiger charge is -2.28. The van der Waals surface area contributed by atoms with Gasteiger partial charge in [-0.05, 0) is 6.07 Å². The van der Waals surface area contributed by atoms with Crippen LogP contribution in [0.1, 0.15) is 11.5 Å². The minimum absolute atomic E-state index is 0.427. The fourth-order valence-corrected chi connectivity index (χ4v) is 2.65. The molecule has 3 aromatic rings. The summed E-state index contributed by atoms with van der Waals surface area (Å²) in [6, 6.07) is 1.90. The smallest absolute Gasteiger partial charge is 0.225 e. The number of hydrogen-bond acceptors (Lipinski definition) is 5. The van der Waals surface area contributed by atoms with Crippen molar-refractivity contribution >= 4 is 5.95 Å². The van der Waals surface area contributed by atoms with Gasteiger partial charge in [-0.3, -0.25) is 4.68 Å². The van der Waals surface area contributed by atoms with E-state index in [1.807, 2.05) is 28.0 Å². The van der Waals surface area contributed by atoms with Crippen molar-refractivity contribution in [1.82, 2.24) is 29.3 Å². The molecule has 0 aliphatic carbocycles. The summed E-state index contributed by atoms with van der Waals surface area (Å²) in [6.45, 7) is 2.88. The van der Waals surface area contributed by atoms with Crippen molar-refractivity contribution in [2.45, 2.75) is 19.6 Å². The van der Waals surface area contributed by atoms with E-state index in [9.17, 15) is 4.39 Å². The van der Waals surface area contributed by atoms with Gasteiger partial charge in [0.05, 0.1) is 37.4 Å². The second kappa shape index (κ2) is 5.21. The molecule has 22 heavy (non-hydrogen) atoms. The van der Waals surface area contributed by atoms with Gasteiger partial charge in [-0.1, -0.05) is 0 Å². The standard InChI is InChI=1S/C14H14FN7/c15-11-6-17-14(18-7-11)20-4-5-22-12(8-16-13(22)10-20)9-21-3-1-2-19-21/h1-3,6-8H,4-5,9-10H2. The third-order valence-electron chi connectivity index (χ3n) is 3.72. The summed E-state index contributed by atoms with van der Waals surface area (Å²) in [5.41, 5.74) is 1.12. The molecule has 0 spiro atoms. The Morgan fingerprint density at radius 1 is 1.09 bits per heavy atom. The average molecular weight is 299 g/mol. The van der Waals surface area contributed by atoms with E-state index < -0.39 is 5.82 Å². The molecule has 8 heteroatoms. The van der Waals surface area contributed by atoms with E-state index in [2.05, 4.69) is 24.6 Å². The largest absolute Gasteiger partial charge is 0.332 e. The van der Waals surface area contributed by atoms with Gasteiger partial charge < -0.3 is 9.47 Å². The predicted octanol–water partition coefficient (Wildman–Crippen LogP) is 1.08. The number of fused-ring (bicyclic) bond motifs is 1. The summed E-state index contributed by atoms with van der Waals surface area (Å²) in [5.74, 6) is 1.06. The van der Waals surface area contributed by atoms with Crippen LogP contribution < -0.4 is 4.90 Å². The van der Waals surface area contributed by atoms with Crippen LogP contribution in [0.15, 0.2) is 37.1 Å². The average Bonchev–Trinajstić information content (AvgIpc) is 3.18. The number of anilines is 1. The lowest BCUT2D eigenvalue weighted by molar-refractivity contribution is 0.521. The monoisotopic (exact) mass is 299 g/mol. The zero-order valence-electron chi connectivity index (χ0n) is 11.8. The third kappa shape index (κ3) is 2.32. The molecular weight excluding hydrogens is 285 g/mol. The van der Waals surface area contributed by atoms with Gasteiger partial charge in [0, 0.05) is 25.5 Å². The zero-order chi connectivity index (χ0) is 14.9. The van der Waals surface area contributed by atoms with Crippen LogP contribution in [0.5, 0.6) is 0 Å². The molecule has 4 heterocycles. The van der Waals surface area contributed by atoms with Crippen molar-refractivity contribution in [3.05, 3.63) is 54.4 Å². The Balaban J connectivity index is 1.55. The molecule has 0 bridgehead atoms. The van der Waals surface area contributed by atoms with Gasteiger partial charge in [-0.15, -0.1) is 0 Å². The number of rotatable bonds is 3. The first-order valence-electron chi connectivity index (χ1n) is 7.03. The van der Waals surface area contributed by atoms with Gasteiger partial charge in [0.1, 0.15) is 5.82 Å². The highest BCUT2D eigenvalue weighted by atomic mass is 19.1. The molecule has 0 radical (unpaired) electrons. The molecule has 112 valence electrons. The minimum atomic E-state index is -0.427. The second-order valence-electron chi connectivity index (χ2n) is 5.14. The van der Waals surface area contributed by atoms with Gasteiger partial charge in [0.15, 0.2) is 5.82 Å². The van der Waals surface area contributed by atoms with Crippen molar-refractivity contribution in [2.75, 3.05) is 11.4 Å². The molecule has 0 saturated heterocycles. The van der Waals surface area contributed by atoms with Crippen LogP contribution in [0.25, 0.3) is 0 Å². The van der Waals surface area contributed by atoms with Gasteiger partial charge in [0.25, 0.3) is 0 Å². The van der Waals surface area contributed by atoms with Crippen LogP contribution in [0.4, 0.5) is 10.3 Å². The van der Waals surface area contributed by atoms with E-state index in [0.717, 1.165) is 24.6 Å². The maximum Gasteiger partial charge on any atom is 0.225 e. The first-order valence-corrected chi connectivity index (χ1v) is 7.03. The maximum absolute atomic E-state index is 12.9. The van der Waals surface area contributed by atoms with E-state index >= 15 is 0 Å². The van der Waals surface area contributed by atoms with Crippen molar-refractivity contribution in [3.8, 4) is 0 Å². The van der Waals surface area contributed by atoms with Crippen molar-refractivity contribution < 1.29 is 4.39 Å². The maximum atomic E-state index is 12.9. The molecule has 0 amide bonds. The Hall–Kier alpha value is -2.77. The Kier molecular flexibility index (Phi) is 3.06. The first-order chi connectivity index (χ1) is 10.8. The van der Waals surface area contributed by atoms with E-state index in [1.54, 1.807) is 6.20 Å². The Bertz CT molecular complexity index is 763. The van der Waals surface area contributed by atoms with Gasteiger partial charge in [-0.2, -0.15) is 5.10 Å². The minimum Gasteiger partial charge on any atom is -0.332 e. The van der Waals surface area contributed by atoms with Crippen LogP contribution in [0.2, 0.25) is 0 Å². The fourth-order valence-electron chi connectivity index (χ4n) is 2.65. The van der Waals surface area contributed by atoms with Crippen LogP contribution in [-0.2, 0) is 19.6 Å². The lowest BCUT2D eigenvalue weighted by Crippen LogP contribution is -2.35. The molecule has 3 aromatic heterocycles. The van der Waals surface area contributed by atoms with Crippen molar-refractivity contribution in [3.63, 3.8) is 0 Å². The van der Waals surface area contributed by atoms with Crippen LogP contribution in [0, 0.1) is 5.82 Å². The SMILES string of the molecule is Fc1cnc(N2CCn3c(Cn4cccn4)cnc3C2)nc1. The van der Waals surface area contributed by atoms with Crippen LogP contribution >= 0.6 is 0 Å². The highest BCUT2D eigenvalue weighted by Gasteiger charge is 2.21. The summed E-state index contributed by atoms with van der Waals surface area (Å²) in [4.78, 5) is 14.5. The molecule has 0 saturated carbocycles. The Morgan fingerprint density at radius 2 is 1.95 bits per heavy atom. The molecule has 0 aromatic carbocycles. The zero-order valence-corrected chi connectivity index (χ0v) is 11.8. The second-order valence-corrected chi connectivity index (χ2v) is 5.14. The number of halogens is 1. The van der Waals surface area contributed by atoms with Gasteiger partial charge >= 0.3 is 0 Å². The molecular formula is C14H14FN7. The van der Waals surface area contributed by atoms with Crippen molar-refractivity contribution in [1.29, 1.82) is 0 Å². The number of aromatic nitrogens is 6. The number of nitrogens with zero attached hydrogens (tertiary/aromatic N) is 7. The normalized spacial score (nSPS) is 14.1. The molecule has 1 aliphatic rings. The predicted molar refractivity (Wildman–Crippen MR) is 76.6 cm³/mol. The summed E-state index contributed by atoms with van der Waals surface area (Å²) >= 11 is 0.